The summed E-state index contributed by atoms with van der Waals surface area (Å²) in [7, 11) is 1.68. The Kier molecular flexibility index (Phi) is 9.31. The van der Waals surface area contributed by atoms with E-state index in [4.69, 9.17) is 14.5 Å². The summed E-state index contributed by atoms with van der Waals surface area (Å²) < 4.78 is 11.6. The van der Waals surface area contributed by atoms with Crippen molar-refractivity contribution in [3.05, 3.63) is 47.5 Å². The molecule has 2 aliphatic rings. The maximum Gasteiger partial charge on any atom is 0.219 e. The molecule has 35 heavy (non-hydrogen) atoms. The summed E-state index contributed by atoms with van der Waals surface area (Å²) >= 11 is 0. The molecule has 190 valence electrons. The Bertz CT molecular complexity index is 956. The van der Waals surface area contributed by atoms with Gasteiger partial charge in [-0.15, -0.1) is 0 Å². The summed E-state index contributed by atoms with van der Waals surface area (Å²) in [6, 6.07) is 8.43. The normalized spacial score (nSPS) is 17.0. The molecule has 0 unspecified atom stereocenters. The van der Waals surface area contributed by atoms with E-state index in [1.165, 1.54) is 25.9 Å². The number of hydrogen-bond acceptors (Lipinski definition) is 7. The molecule has 1 aromatic heterocycles. The van der Waals surface area contributed by atoms with Gasteiger partial charge in [0, 0.05) is 51.8 Å². The fourth-order valence-electron chi connectivity index (χ4n) is 4.88. The van der Waals surface area contributed by atoms with Crippen molar-refractivity contribution in [3.63, 3.8) is 0 Å². The molecular weight excluding hydrogens is 442 g/mol. The van der Waals surface area contributed by atoms with E-state index in [9.17, 15) is 4.79 Å². The highest BCUT2D eigenvalue weighted by Crippen LogP contribution is 2.29. The van der Waals surface area contributed by atoms with Crippen LogP contribution in [0, 0.1) is 0 Å². The van der Waals surface area contributed by atoms with Crippen LogP contribution in [0.5, 0.6) is 11.5 Å². The van der Waals surface area contributed by atoms with Crippen LogP contribution in [0.2, 0.25) is 0 Å². The van der Waals surface area contributed by atoms with Gasteiger partial charge in [0.2, 0.25) is 5.91 Å². The quantitative estimate of drug-likeness (QED) is 0.494. The fraction of sp³-hybridized carbons (Fsp3) is 0.593. The summed E-state index contributed by atoms with van der Waals surface area (Å²) in [4.78, 5) is 25.2. The Balaban J connectivity index is 1.28. The second-order valence-corrected chi connectivity index (χ2v) is 9.54. The summed E-state index contributed by atoms with van der Waals surface area (Å²) in [5.74, 6) is 2.49. The Morgan fingerprint density at radius 2 is 1.91 bits per heavy atom. The third kappa shape index (κ3) is 7.64. The van der Waals surface area contributed by atoms with Gasteiger partial charge in [-0.25, -0.2) is 9.97 Å². The summed E-state index contributed by atoms with van der Waals surface area (Å²) in [6.07, 6.45) is 8.07. The van der Waals surface area contributed by atoms with Crippen LogP contribution < -0.4 is 14.8 Å². The topological polar surface area (TPSA) is 79.8 Å². The zero-order valence-corrected chi connectivity index (χ0v) is 21.2. The predicted molar refractivity (Wildman–Crippen MR) is 136 cm³/mol. The number of carbonyl (C=O) groups is 1. The molecule has 0 radical (unpaired) electrons. The highest BCUT2D eigenvalue weighted by Gasteiger charge is 2.20. The van der Waals surface area contributed by atoms with Gasteiger partial charge in [0.1, 0.15) is 5.82 Å². The number of nitrogens with zero attached hydrogens (tertiary/aromatic N) is 4. The molecule has 0 bridgehead atoms. The maximum absolute atomic E-state index is 11.5. The Hall–Kier alpha value is -2.71. The van der Waals surface area contributed by atoms with Gasteiger partial charge in [-0.2, -0.15) is 0 Å². The van der Waals surface area contributed by atoms with Gasteiger partial charge in [-0.1, -0.05) is 6.07 Å². The summed E-state index contributed by atoms with van der Waals surface area (Å²) in [6.45, 7) is 8.19. The molecule has 8 heteroatoms. The molecule has 0 aliphatic carbocycles. The van der Waals surface area contributed by atoms with Crippen LogP contribution in [-0.2, 0) is 17.8 Å². The van der Waals surface area contributed by atoms with Crippen molar-refractivity contribution in [1.82, 2.24) is 25.1 Å². The van der Waals surface area contributed by atoms with Crippen LogP contribution in [0.15, 0.2) is 30.5 Å². The second kappa shape index (κ2) is 12.8. The summed E-state index contributed by atoms with van der Waals surface area (Å²) in [5, 5.41) is 3.59. The van der Waals surface area contributed by atoms with Crippen LogP contribution in [0.1, 0.15) is 56.1 Å². The van der Waals surface area contributed by atoms with E-state index in [-0.39, 0.29) is 5.91 Å². The third-order valence-electron chi connectivity index (χ3n) is 6.94. The SMILES string of the molecule is COc1ccc(Cc2nccc(CNC3CCN(C(C)=O)CC3)n2)cc1OCCCN1CCCC1. The van der Waals surface area contributed by atoms with Gasteiger partial charge in [-0.05, 0) is 69.0 Å². The van der Waals surface area contributed by atoms with Gasteiger partial charge >= 0.3 is 0 Å². The van der Waals surface area contributed by atoms with Crippen LogP contribution in [-0.4, -0.2) is 78.2 Å². The number of hydrogen-bond donors (Lipinski definition) is 1. The number of benzene rings is 1. The second-order valence-electron chi connectivity index (χ2n) is 9.54. The van der Waals surface area contributed by atoms with Crippen LogP contribution >= 0.6 is 0 Å². The highest BCUT2D eigenvalue weighted by atomic mass is 16.5. The minimum absolute atomic E-state index is 0.165. The largest absolute Gasteiger partial charge is 0.493 e. The Morgan fingerprint density at radius 1 is 1.11 bits per heavy atom. The first-order chi connectivity index (χ1) is 17.1. The maximum atomic E-state index is 11.5. The first-order valence-electron chi connectivity index (χ1n) is 12.9. The number of piperidine rings is 1. The molecule has 0 saturated carbocycles. The molecule has 2 aromatic rings. The van der Waals surface area contributed by atoms with Gasteiger partial charge < -0.3 is 24.6 Å². The molecule has 1 amide bonds. The van der Waals surface area contributed by atoms with Crippen molar-refractivity contribution in [3.8, 4) is 11.5 Å². The molecular formula is C27H39N5O3. The molecule has 2 saturated heterocycles. The van der Waals surface area contributed by atoms with E-state index in [0.29, 0.717) is 25.6 Å². The molecule has 8 nitrogen and oxygen atoms in total. The number of ether oxygens (including phenoxy) is 2. The molecule has 3 heterocycles. The van der Waals surface area contributed by atoms with E-state index in [1.54, 1.807) is 14.0 Å². The Labute approximate surface area is 209 Å². The van der Waals surface area contributed by atoms with E-state index in [1.807, 2.05) is 35.4 Å². The van der Waals surface area contributed by atoms with E-state index >= 15 is 0 Å². The fourth-order valence-corrected chi connectivity index (χ4v) is 4.88. The van der Waals surface area contributed by atoms with Crippen LogP contribution in [0.25, 0.3) is 0 Å². The van der Waals surface area contributed by atoms with Crippen molar-refractivity contribution in [2.45, 2.75) is 58.0 Å². The minimum Gasteiger partial charge on any atom is -0.493 e. The molecule has 2 aliphatic heterocycles. The number of methoxy groups -OCH3 is 1. The van der Waals surface area contributed by atoms with Gasteiger partial charge in [0.25, 0.3) is 0 Å². The predicted octanol–water partition coefficient (Wildman–Crippen LogP) is 3.04. The first kappa shape index (κ1) is 25.4. The van der Waals surface area contributed by atoms with Crippen molar-refractivity contribution in [1.29, 1.82) is 0 Å². The average molecular weight is 482 g/mol. The molecule has 0 spiro atoms. The van der Waals surface area contributed by atoms with Crippen molar-refractivity contribution in [2.75, 3.05) is 46.4 Å². The molecule has 1 N–H and O–H groups in total. The summed E-state index contributed by atoms with van der Waals surface area (Å²) in [5.41, 5.74) is 2.08. The van der Waals surface area contributed by atoms with Crippen LogP contribution in [0.3, 0.4) is 0 Å². The zero-order chi connectivity index (χ0) is 24.5. The smallest absolute Gasteiger partial charge is 0.219 e. The zero-order valence-electron chi connectivity index (χ0n) is 21.2. The van der Waals surface area contributed by atoms with Crippen molar-refractivity contribution in [2.24, 2.45) is 0 Å². The number of likely N-dealkylation sites (tertiary alicyclic amines) is 2. The van der Waals surface area contributed by atoms with Crippen LogP contribution in [0.4, 0.5) is 0 Å². The van der Waals surface area contributed by atoms with Gasteiger partial charge in [0.15, 0.2) is 11.5 Å². The van der Waals surface area contributed by atoms with E-state index in [2.05, 4.69) is 15.2 Å². The molecule has 2 fully saturated rings. The standard InChI is InChI=1S/C27H39N5O3/c1-21(33)32-15-9-23(10-16-32)29-20-24-8-11-28-27(30-24)19-22-6-7-25(34-2)26(18-22)35-17-5-14-31-12-3-4-13-31/h6-8,11,18,23,29H,3-5,9-10,12-17,19-20H2,1-2H3. The average Bonchev–Trinajstić information content (AvgIpc) is 3.40. The lowest BCUT2D eigenvalue weighted by Gasteiger charge is -2.31. The van der Waals surface area contributed by atoms with E-state index < -0.39 is 0 Å². The van der Waals surface area contributed by atoms with Crippen molar-refractivity contribution >= 4 is 5.91 Å². The number of rotatable bonds is 11. The number of nitrogens with one attached hydrogen (secondary N) is 1. The monoisotopic (exact) mass is 481 g/mol. The highest BCUT2D eigenvalue weighted by molar-refractivity contribution is 5.73. The van der Waals surface area contributed by atoms with Gasteiger partial charge in [-0.3, -0.25) is 4.79 Å². The van der Waals surface area contributed by atoms with E-state index in [0.717, 1.165) is 67.5 Å². The molecule has 4 rings (SSSR count). The molecule has 0 atom stereocenters. The first-order valence-corrected chi connectivity index (χ1v) is 12.9. The lowest BCUT2D eigenvalue weighted by molar-refractivity contribution is -0.129. The lowest BCUT2D eigenvalue weighted by atomic mass is 10.0. The third-order valence-corrected chi connectivity index (χ3v) is 6.94. The Morgan fingerprint density at radius 3 is 2.66 bits per heavy atom. The number of carbonyl (C=O) groups excluding carboxylic acids is 1. The molecule has 1 aromatic carbocycles. The minimum atomic E-state index is 0.165. The number of aromatic nitrogens is 2. The number of amides is 1. The van der Waals surface area contributed by atoms with Crippen molar-refractivity contribution < 1.29 is 14.3 Å². The van der Waals surface area contributed by atoms with Gasteiger partial charge in [0.05, 0.1) is 19.4 Å². The lowest BCUT2D eigenvalue weighted by Crippen LogP contribution is -2.44.